The lowest BCUT2D eigenvalue weighted by Gasteiger charge is -2.10. The summed E-state index contributed by atoms with van der Waals surface area (Å²) in [6, 6.07) is 7.57. The van der Waals surface area contributed by atoms with Gasteiger partial charge in [0, 0.05) is 11.9 Å². The van der Waals surface area contributed by atoms with E-state index in [2.05, 4.69) is 45.7 Å². The molecule has 0 radical (unpaired) electrons. The van der Waals surface area contributed by atoms with Gasteiger partial charge in [-0.1, -0.05) is 58.4 Å². The van der Waals surface area contributed by atoms with Crippen molar-refractivity contribution < 1.29 is 4.79 Å². The Morgan fingerprint density at radius 1 is 1.25 bits per heavy atom. The number of thioether (sulfide) groups is 1. The first kappa shape index (κ1) is 20.9. The van der Waals surface area contributed by atoms with E-state index < -0.39 is 5.25 Å². The van der Waals surface area contributed by atoms with Gasteiger partial charge >= 0.3 is 0 Å². The van der Waals surface area contributed by atoms with Crippen LogP contribution in [0, 0.1) is 13.8 Å². The highest BCUT2D eigenvalue weighted by molar-refractivity contribution is 8.02. The molecule has 10 heteroatoms. The van der Waals surface area contributed by atoms with E-state index in [1.165, 1.54) is 40.9 Å². The number of aryl methyl sites for hydroxylation is 1. The molecule has 2 heterocycles. The van der Waals surface area contributed by atoms with Crippen LogP contribution in [-0.2, 0) is 4.79 Å². The van der Waals surface area contributed by atoms with E-state index in [0.29, 0.717) is 14.5 Å². The van der Waals surface area contributed by atoms with Crippen molar-refractivity contribution in [1.29, 1.82) is 0 Å². The number of nitrogens with one attached hydrogen (secondary N) is 2. The zero-order valence-electron chi connectivity index (χ0n) is 15.3. The number of carbonyl (C=O) groups excluding carboxylic acids is 1. The van der Waals surface area contributed by atoms with Crippen molar-refractivity contribution in [2.24, 2.45) is 0 Å². The molecule has 3 aromatic rings. The molecule has 1 amide bonds. The molecule has 146 valence electrons. The number of halogens is 2. The molecule has 0 fully saturated rings. The van der Waals surface area contributed by atoms with E-state index in [4.69, 9.17) is 23.2 Å². The Bertz CT molecular complexity index is 1010. The molecular formula is C18H17Cl2N5OS2. The van der Waals surface area contributed by atoms with Gasteiger partial charge in [-0.25, -0.2) is 4.98 Å². The minimum atomic E-state index is -0.407. The van der Waals surface area contributed by atoms with Crippen molar-refractivity contribution in [1.82, 2.24) is 15.2 Å². The maximum absolute atomic E-state index is 12.4. The van der Waals surface area contributed by atoms with E-state index in [-0.39, 0.29) is 16.7 Å². The highest BCUT2D eigenvalue weighted by Gasteiger charge is 2.19. The average molecular weight is 454 g/mol. The normalized spacial score (nSPS) is 11.9. The first-order chi connectivity index (χ1) is 13.3. The Hall–Kier alpha value is -1.87. The van der Waals surface area contributed by atoms with Crippen molar-refractivity contribution in [3.8, 4) is 0 Å². The van der Waals surface area contributed by atoms with Crippen molar-refractivity contribution >= 4 is 68.8 Å². The van der Waals surface area contributed by atoms with Gasteiger partial charge in [-0.2, -0.15) is 0 Å². The van der Waals surface area contributed by atoms with Crippen molar-refractivity contribution in [2.45, 2.75) is 30.4 Å². The first-order valence-electron chi connectivity index (χ1n) is 8.29. The number of benzene rings is 1. The van der Waals surface area contributed by atoms with Gasteiger partial charge in [-0.15, -0.1) is 10.2 Å². The largest absolute Gasteiger partial charge is 0.330 e. The molecule has 0 saturated carbocycles. The number of carbonyl (C=O) groups is 1. The molecule has 0 saturated heterocycles. The van der Waals surface area contributed by atoms with E-state index in [0.717, 1.165) is 11.3 Å². The third-order valence-corrected chi connectivity index (χ3v) is 6.47. The van der Waals surface area contributed by atoms with Crippen LogP contribution in [0.2, 0.25) is 10.0 Å². The smallest absolute Gasteiger partial charge is 0.238 e. The van der Waals surface area contributed by atoms with Gasteiger partial charge in [0.1, 0.15) is 0 Å². The quantitative estimate of drug-likeness (QED) is 0.464. The van der Waals surface area contributed by atoms with Crippen LogP contribution in [0.15, 0.2) is 34.8 Å². The number of pyridine rings is 1. The Balaban J connectivity index is 1.62. The van der Waals surface area contributed by atoms with E-state index in [1.807, 2.05) is 12.1 Å². The van der Waals surface area contributed by atoms with Crippen LogP contribution in [0.3, 0.4) is 0 Å². The lowest BCUT2D eigenvalue weighted by Crippen LogP contribution is -2.23. The number of anilines is 3. The molecule has 0 bridgehead atoms. The zero-order valence-corrected chi connectivity index (χ0v) is 18.4. The molecule has 28 heavy (non-hydrogen) atoms. The standard InChI is InChI=1S/C18H17Cl2N5OS2/c1-9-5-4-6-14(10(9)2)22-17-24-25-18(28-17)27-11(3)16(26)23-15-13(20)7-12(19)8-21-15/h4-8,11H,1-3H3,(H,22,24)(H,21,23,26)/t11-/m1/s1. The topological polar surface area (TPSA) is 79.8 Å². The van der Waals surface area contributed by atoms with Crippen LogP contribution < -0.4 is 10.6 Å². The highest BCUT2D eigenvalue weighted by atomic mass is 35.5. The predicted octanol–water partition coefficient (Wildman–Crippen LogP) is 5.72. The second-order valence-corrected chi connectivity index (χ2v) is 9.39. The zero-order chi connectivity index (χ0) is 20.3. The van der Waals surface area contributed by atoms with Crippen molar-refractivity contribution in [3.05, 3.63) is 51.6 Å². The Labute approximate surface area is 181 Å². The molecule has 3 rings (SSSR count). The Kier molecular flexibility index (Phi) is 6.77. The lowest BCUT2D eigenvalue weighted by atomic mass is 10.1. The van der Waals surface area contributed by atoms with Crippen LogP contribution in [0.4, 0.5) is 16.6 Å². The summed E-state index contributed by atoms with van der Waals surface area (Å²) in [5.74, 6) is 0.0408. The fourth-order valence-corrected chi connectivity index (χ4v) is 4.57. The first-order valence-corrected chi connectivity index (χ1v) is 10.7. The summed E-state index contributed by atoms with van der Waals surface area (Å²) in [5, 5.41) is 15.2. The molecule has 6 nitrogen and oxygen atoms in total. The summed E-state index contributed by atoms with van der Waals surface area (Å²) in [6.07, 6.45) is 1.43. The van der Waals surface area contributed by atoms with E-state index in [1.54, 1.807) is 6.92 Å². The fourth-order valence-electron chi connectivity index (χ4n) is 2.24. The van der Waals surface area contributed by atoms with Gasteiger partial charge in [0.25, 0.3) is 0 Å². The molecule has 2 aromatic heterocycles. The summed E-state index contributed by atoms with van der Waals surface area (Å²) in [7, 11) is 0. The number of amides is 1. The van der Waals surface area contributed by atoms with Gasteiger partial charge in [0.15, 0.2) is 10.2 Å². The van der Waals surface area contributed by atoms with Crippen molar-refractivity contribution in [2.75, 3.05) is 10.6 Å². The van der Waals surface area contributed by atoms with Crippen LogP contribution in [0.5, 0.6) is 0 Å². The van der Waals surface area contributed by atoms with Gasteiger partial charge < -0.3 is 10.6 Å². The van der Waals surface area contributed by atoms with E-state index >= 15 is 0 Å². The van der Waals surface area contributed by atoms with Gasteiger partial charge in [-0.05, 0) is 44.0 Å². The Morgan fingerprint density at radius 2 is 2.04 bits per heavy atom. The second kappa shape index (κ2) is 9.09. The fraction of sp³-hybridized carbons (Fsp3) is 0.222. The van der Waals surface area contributed by atoms with E-state index in [9.17, 15) is 4.79 Å². The maximum Gasteiger partial charge on any atom is 0.238 e. The van der Waals surface area contributed by atoms with Crippen LogP contribution in [-0.4, -0.2) is 26.3 Å². The summed E-state index contributed by atoms with van der Waals surface area (Å²) in [6.45, 7) is 5.89. The summed E-state index contributed by atoms with van der Waals surface area (Å²) in [5.41, 5.74) is 3.35. The summed E-state index contributed by atoms with van der Waals surface area (Å²) < 4.78 is 0.686. The maximum atomic E-state index is 12.4. The lowest BCUT2D eigenvalue weighted by molar-refractivity contribution is -0.115. The summed E-state index contributed by atoms with van der Waals surface area (Å²) in [4.78, 5) is 16.4. The number of hydrogen-bond acceptors (Lipinski definition) is 7. The molecule has 0 aliphatic carbocycles. The minimum Gasteiger partial charge on any atom is -0.330 e. The number of aromatic nitrogens is 3. The Morgan fingerprint density at radius 3 is 2.79 bits per heavy atom. The third-order valence-electron chi connectivity index (χ3n) is 3.95. The predicted molar refractivity (Wildman–Crippen MR) is 117 cm³/mol. The second-order valence-electron chi connectivity index (χ2n) is 5.98. The monoisotopic (exact) mass is 453 g/mol. The molecule has 2 N–H and O–H groups in total. The number of hydrogen-bond donors (Lipinski definition) is 2. The molecular weight excluding hydrogens is 437 g/mol. The number of rotatable bonds is 6. The van der Waals surface area contributed by atoms with Crippen molar-refractivity contribution in [3.63, 3.8) is 0 Å². The van der Waals surface area contributed by atoms with Gasteiger partial charge in [-0.3, -0.25) is 4.79 Å². The molecule has 0 spiro atoms. The van der Waals surface area contributed by atoms with Crippen LogP contribution in [0.1, 0.15) is 18.1 Å². The average Bonchev–Trinajstić information content (AvgIpc) is 3.08. The number of nitrogens with zero attached hydrogens (tertiary/aromatic N) is 3. The highest BCUT2D eigenvalue weighted by Crippen LogP contribution is 2.32. The molecule has 1 aromatic carbocycles. The summed E-state index contributed by atoms with van der Waals surface area (Å²) >= 11 is 14.6. The molecule has 1 atom stereocenters. The SMILES string of the molecule is Cc1cccc(Nc2nnc(S[C@H](C)C(=O)Nc3ncc(Cl)cc3Cl)s2)c1C. The molecule has 0 aliphatic rings. The third kappa shape index (κ3) is 5.14. The van der Waals surface area contributed by atoms with Crippen LogP contribution >= 0.6 is 46.3 Å². The van der Waals surface area contributed by atoms with Gasteiger partial charge in [0.2, 0.25) is 11.0 Å². The minimum absolute atomic E-state index is 0.235. The van der Waals surface area contributed by atoms with Crippen LogP contribution in [0.25, 0.3) is 0 Å². The molecule has 0 unspecified atom stereocenters. The molecule has 0 aliphatic heterocycles. The van der Waals surface area contributed by atoms with Gasteiger partial charge in [0.05, 0.1) is 15.3 Å².